The number of halogens is 1. The Hall–Kier alpha value is -1.60. The maximum absolute atomic E-state index is 11.6. The summed E-state index contributed by atoms with van der Waals surface area (Å²) in [7, 11) is 0. The van der Waals surface area contributed by atoms with Gasteiger partial charge in [0.05, 0.1) is 5.52 Å². The summed E-state index contributed by atoms with van der Waals surface area (Å²) in [4.78, 5) is 14.5. The monoisotopic (exact) mass is 248 g/mol. The molecule has 0 saturated heterocycles. The molecule has 0 aliphatic rings. The summed E-state index contributed by atoms with van der Waals surface area (Å²) in [5, 5.41) is 9.19. The molecule has 4 heteroatoms. The summed E-state index contributed by atoms with van der Waals surface area (Å²) in [6, 6.07) is 7.12. The number of aromatic amines is 1. The molecule has 0 amide bonds. The molecule has 68 valence electrons. The van der Waals surface area contributed by atoms with Crippen molar-refractivity contribution >= 4 is 26.8 Å². The second-order valence-corrected chi connectivity index (χ2v) is 3.75. The lowest BCUT2D eigenvalue weighted by Gasteiger charge is -1.98. The highest BCUT2D eigenvalue weighted by atomic mass is 79.9. The van der Waals surface area contributed by atoms with Crippen LogP contribution >= 0.6 is 15.9 Å². The first-order valence-electron chi connectivity index (χ1n) is 3.93. The van der Waals surface area contributed by atoms with Crippen LogP contribution in [-0.4, -0.2) is 4.98 Å². The second kappa shape index (κ2) is 3.28. The minimum atomic E-state index is -0.228. The number of nitrogens with zero attached hydrogens (tertiary/aromatic N) is 1. The highest BCUT2D eigenvalue weighted by Gasteiger charge is 2.03. The average molecular weight is 249 g/mol. The number of rotatable bonds is 0. The smallest absolute Gasteiger partial charge is 0.207 e. The summed E-state index contributed by atoms with van der Waals surface area (Å²) < 4.78 is 0.894. The number of benzene rings is 1. The van der Waals surface area contributed by atoms with Crippen LogP contribution in [0.25, 0.3) is 10.9 Å². The minimum absolute atomic E-state index is 0.139. The van der Waals surface area contributed by atoms with Gasteiger partial charge in [-0.15, -0.1) is 0 Å². The van der Waals surface area contributed by atoms with E-state index in [0.717, 1.165) is 9.99 Å². The minimum Gasteiger partial charge on any atom is -0.360 e. The standard InChI is InChI=1S/C10H5BrN2O/c11-7-1-2-8-9(3-7)13-5-6(4-12)10(8)14/h1-3,5H,(H,13,14). The van der Waals surface area contributed by atoms with Crippen LogP contribution in [0.5, 0.6) is 0 Å². The van der Waals surface area contributed by atoms with Crippen LogP contribution in [0, 0.1) is 11.3 Å². The van der Waals surface area contributed by atoms with Crippen molar-refractivity contribution in [1.82, 2.24) is 4.98 Å². The first-order valence-corrected chi connectivity index (χ1v) is 4.73. The zero-order chi connectivity index (χ0) is 10.1. The number of hydrogen-bond acceptors (Lipinski definition) is 2. The third-order valence-corrected chi connectivity index (χ3v) is 2.46. The molecular formula is C10H5BrN2O. The maximum Gasteiger partial charge on any atom is 0.207 e. The lowest BCUT2D eigenvalue weighted by Crippen LogP contribution is -2.06. The van der Waals surface area contributed by atoms with Gasteiger partial charge in [-0.25, -0.2) is 0 Å². The van der Waals surface area contributed by atoms with E-state index in [1.54, 1.807) is 18.2 Å². The molecule has 0 unspecified atom stereocenters. The van der Waals surface area contributed by atoms with Gasteiger partial charge in [-0.05, 0) is 18.2 Å². The van der Waals surface area contributed by atoms with Gasteiger partial charge in [0, 0.05) is 16.1 Å². The summed E-state index contributed by atoms with van der Waals surface area (Å²) in [6.45, 7) is 0. The van der Waals surface area contributed by atoms with Gasteiger partial charge >= 0.3 is 0 Å². The van der Waals surface area contributed by atoms with Crippen molar-refractivity contribution < 1.29 is 0 Å². The Kier molecular flexibility index (Phi) is 2.10. The molecule has 3 nitrogen and oxygen atoms in total. The van der Waals surface area contributed by atoms with Crippen LogP contribution in [0.15, 0.2) is 33.7 Å². The largest absolute Gasteiger partial charge is 0.360 e. The molecule has 0 aliphatic carbocycles. The number of hydrogen-bond donors (Lipinski definition) is 1. The molecule has 0 fully saturated rings. The number of pyridine rings is 1. The normalized spacial score (nSPS) is 10.0. The topological polar surface area (TPSA) is 56.6 Å². The van der Waals surface area contributed by atoms with E-state index < -0.39 is 0 Å². The van der Waals surface area contributed by atoms with Crippen LogP contribution < -0.4 is 5.43 Å². The molecule has 1 heterocycles. The Bertz CT molecular complexity index is 595. The van der Waals surface area contributed by atoms with Crippen LogP contribution in [0.1, 0.15) is 5.56 Å². The Labute approximate surface area is 88.1 Å². The first-order chi connectivity index (χ1) is 6.72. The first kappa shape index (κ1) is 8.97. The van der Waals surface area contributed by atoms with Crippen molar-refractivity contribution in [2.45, 2.75) is 0 Å². The van der Waals surface area contributed by atoms with Crippen LogP contribution in [0.3, 0.4) is 0 Å². The molecule has 0 bridgehead atoms. The highest BCUT2D eigenvalue weighted by Crippen LogP contribution is 2.15. The average Bonchev–Trinajstić information content (AvgIpc) is 2.18. The van der Waals surface area contributed by atoms with Crippen molar-refractivity contribution in [3.63, 3.8) is 0 Å². The Morgan fingerprint density at radius 2 is 2.21 bits per heavy atom. The molecule has 0 atom stereocenters. The van der Waals surface area contributed by atoms with Crippen molar-refractivity contribution in [3.8, 4) is 6.07 Å². The van der Waals surface area contributed by atoms with E-state index in [0.29, 0.717) is 5.39 Å². The molecule has 14 heavy (non-hydrogen) atoms. The summed E-state index contributed by atoms with van der Waals surface area (Å²) in [5.41, 5.74) is 0.636. The molecule has 0 spiro atoms. The van der Waals surface area contributed by atoms with Gasteiger partial charge in [0.2, 0.25) is 5.43 Å². The van der Waals surface area contributed by atoms with Crippen LogP contribution in [0.4, 0.5) is 0 Å². The van der Waals surface area contributed by atoms with Gasteiger partial charge in [0.1, 0.15) is 11.6 Å². The zero-order valence-electron chi connectivity index (χ0n) is 7.04. The molecule has 2 rings (SSSR count). The van der Waals surface area contributed by atoms with E-state index in [2.05, 4.69) is 20.9 Å². The summed E-state index contributed by atoms with van der Waals surface area (Å²) >= 11 is 3.31. The zero-order valence-corrected chi connectivity index (χ0v) is 8.63. The summed E-state index contributed by atoms with van der Waals surface area (Å²) in [6.07, 6.45) is 1.43. The number of aromatic nitrogens is 1. The van der Waals surface area contributed by atoms with Crippen LogP contribution in [-0.2, 0) is 0 Å². The Morgan fingerprint density at radius 1 is 1.43 bits per heavy atom. The van der Waals surface area contributed by atoms with E-state index in [1.165, 1.54) is 6.20 Å². The Balaban J connectivity index is 2.93. The SMILES string of the molecule is N#Cc1c[nH]c2cc(Br)ccc2c1=O. The van der Waals surface area contributed by atoms with Gasteiger partial charge in [0.25, 0.3) is 0 Å². The van der Waals surface area contributed by atoms with Gasteiger partial charge < -0.3 is 4.98 Å². The lowest BCUT2D eigenvalue weighted by molar-refractivity contribution is 1.34. The number of nitriles is 1. The van der Waals surface area contributed by atoms with E-state index in [1.807, 2.05) is 6.07 Å². The fourth-order valence-electron chi connectivity index (χ4n) is 1.28. The quantitative estimate of drug-likeness (QED) is 0.777. The van der Waals surface area contributed by atoms with E-state index >= 15 is 0 Å². The molecule has 2 aromatic rings. The van der Waals surface area contributed by atoms with Crippen molar-refractivity contribution in [2.75, 3.05) is 0 Å². The predicted octanol–water partition coefficient (Wildman–Crippen LogP) is 2.16. The predicted molar refractivity (Wildman–Crippen MR) is 57.0 cm³/mol. The van der Waals surface area contributed by atoms with E-state index in [4.69, 9.17) is 5.26 Å². The highest BCUT2D eigenvalue weighted by molar-refractivity contribution is 9.10. The van der Waals surface area contributed by atoms with E-state index in [-0.39, 0.29) is 11.0 Å². The molecule has 1 aromatic heterocycles. The van der Waals surface area contributed by atoms with Gasteiger partial charge in [0.15, 0.2) is 0 Å². The van der Waals surface area contributed by atoms with Gasteiger partial charge in [-0.1, -0.05) is 15.9 Å². The van der Waals surface area contributed by atoms with Gasteiger partial charge in [-0.3, -0.25) is 4.79 Å². The van der Waals surface area contributed by atoms with Gasteiger partial charge in [-0.2, -0.15) is 5.26 Å². The molecular weight excluding hydrogens is 244 g/mol. The Morgan fingerprint density at radius 3 is 2.93 bits per heavy atom. The van der Waals surface area contributed by atoms with Crippen molar-refractivity contribution in [1.29, 1.82) is 5.26 Å². The second-order valence-electron chi connectivity index (χ2n) is 2.83. The van der Waals surface area contributed by atoms with Crippen molar-refractivity contribution in [2.24, 2.45) is 0 Å². The van der Waals surface area contributed by atoms with E-state index in [9.17, 15) is 4.79 Å². The molecule has 1 aromatic carbocycles. The maximum atomic E-state index is 11.6. The third-order valence-electron chi connectivity index (χ3n) is 1.96. The molecule has 1 N–H and O–H groups in total. The molecule has 0 aliphatic heterocycles. The fourth-order valence-corrected chi connectivity index (χ4v) is 1.64. The van der Waals surface area contributed by atoms with Crippen molar-refractivity contribution in [3.05, 3.63) is 44.7 Å². The molecule has 0 radical (unpaired) electrons. The lowest BCUT2D eigenvalue weighted by atomic mass is 10.1. The third kappa shape index (κ3) is 1.32. The fraction of sp³-hybridized carbons (Fsp3) is 0. The number of fused-ring (bicyclic) bond motifs is 1. The number of nitrogens with one attached hydrogen (secondary N) is 1. The van der Waals surface area contributed by atoms with Crippen LogP contribution in [0.2, 0.25) is 0 Å². The summed E-state index contributed by atoms with van der Waals surface area (Å²) in [5.74, 6) is 0. The number of H-pyrrole nitrogens is 1. The molecule has 0 saturated carbocycles.